The molecule has 1 amide bonds. The van der Waals surface area contributed by atoms with E-state index in [1.165, 1.54) is 22.5 Å². The SMILES string of the molecule is Cc1ccc(S(=O)(=O)CCC(=O)Nc2nc3ccc(S(=O)(=O)N4CCCC4)cc3s2)cc1. The molecule has 0 aliphatic carbocycles. The molecule has 0 atom stereocenters. The minimum atomic E-state index is -3.57. The summed E-state index contributed by atoms with van der Waals surface area (Å²) in [5, 5.41) is 2.92. The van der Waals surface area contributed by atoms with E-state index in [9.17, 15) is 21.6 Å². The smallest absolute Gasteiger partial charge is 0.243 e. The number of aryl methyl sites for hydroxylation is 1. The summed E-state index contributed by atoms with van der Waals surface area (Å²) in [5.74, 6) is -0.782. The molecule has 0 saturated carbocycles. The number of thiazole rings is 1. The average molecular weight is 494 g/mol. The summed E-state index contributed by atoms with van der Waals surface area (Å²) in [6.45, 7) is 2.92. The second-order valence-electron chi connectivity index (χ2n) is 7.69. The van der Waals surface area contributed by atoms with E-state index >= 15 is 0 Å². The minimum absolute atomic E-state index is 0.183. The van der Waals surface area contributed by atoms with Gasteiger partial charge in [-0.05, 0) is 50.1 Å². The number of rotatable bonds is 7. The van der Waals surface area contributed by atoms with Crippen molar-refractivity contribution in [1.29, 1.82) is 0 Å². The van der Waals surface area contributed by atoms with E-state index in [1.54, 1.807) is 24.3 Å². The molecule has 1 fully saturated rings. The molecule has 0 bridgehead atoms. The normalized spacial score (nSPS) is 15.3. The number of aromatic nitrogens is 1. The first-order chi connectivity index (χ1) is 15.1. The number of amides is 1. The molecule has 11 heteroatoms. The van der Waals surface area contributed by atoms with E-state index < -0.39 is 25.8 Å². The largest absolute Gasteiger partial charge is 0.302 e. The summed E-state index contributed by atoms with van der Waals surface area (Å²) in [6.07, 6.45) is 1.51. The van der Waals surface area contributed by atoms with Crippen LogP contribution in [0.3, 0.4) is 0 Å². The van der Waals surface area contributed by atoms with Crippen LogP contribution in [0.15, 0.2) is 52.3 Å². The number of benzene rings is 2. The van der Waals surface area contributed by atoms with Gasteiger partial charge in [-0.25, -0.2) is 21.8 Å². The lowest BCUT2D eigenvalue weighted by Gasteiger charge is -2.15. The molecule has 3 aromatic rings. The van der Waals surface area contributed by atoms with Crippen LogP contribution in [0.4, 0.5) is 5.13 Å². The summed E-state index contributed by atoms with van der Waals surface area (Å²) >= 11 is 1.15. The predicted molar refractivity (Wildman–Crippen MR) is 124 cm³/mol. The highest BCUT2D eigenvalue weighted by Gasteiger charge is 2.27. The molecule has 1 aromatic heterocycles. The van der Waals surface area contributed by atoms with Crippen molar-refractivity contribution < 1.29 is 21.6 Å². The van der Waals surface area contributed by atoms with Gasteiger partial charge in [0.05, 0.1) is 25.8 Å². The number of nitrogens with one attached hydrogen (secondary N) is 1. The number of fused-ring (bicyclic) bond motifs is 1. The summed E-state index contributed by atoms with van der Waals surface area (Å²) in [5.41, 5.74) is 1.52. The monoisotopic (exact) mass is 493 g/mol. The van der Waals surface area contributed by atoms with Gasteiger partial charge in [0, 0.05) is 19.5 Å². The highest BCUT2D eigenvalue weighted by Crippen LogP contribution is 2.30. The van der Waals surface area contributed by atoms with Gasteiger partial charge in [-0.3, -0.25) is 4.79 Å². The summed E-state index contributed by atoms with van der Waals surface area (Å²) in [4.78, 5) is 17.0. The van der Waals surface area contributed by atoms with Gasteiger partial charge in [0.15, 0.2) is 15.0 Å². The van der Waals surface area contributed by atoms with E-state index in [4.69, 9.17) is 0 Å². The van der Waals surface area contributed by atoms with Crippen LogP contribution in [0.2, 0.25) is 0 Å². The van der Waals surface area contributed by atoms with Crippen LogP contribution < -0.4 is 5.32 Å². The van der Waals surface area contributed by atoms with Crippen molar-refractivity contribution in [3.05, 3.63) is 48.0 Å². The third kappa shape index (κ3) is 4.85. The highest BCUT2D eigenvalue weighted by atomic mass is 32.2. The van der Waals surface area contributed by atoms with E-state index in [1.807, 2.05) is 6.92 Å². The zero-order valence-electron chi connectivity index (χ0n) is 17.4. The third-order valence-corrected chi connectivity index (χ3v) is 9.85. The fraction of sp³-hybridized carbons (Fsp3) is 0.333. The van der Waals surface area contributed by atoms with Gasteiger partial charge < -0.3 is 5.32 Å². The predicted octanol–water partition coefficient (Wildman–Crippen LogP) is 3.19. The van der Waals surface area contributed by atoms with E-state index in [-0.39, 0.29) is 22.0 Å². The van der Waals surface area contributed by atoms with Crippen molar-refractivity contribution in [1.82, 2.24) is 9.29 Å². The number of hydrogen-bond acceptors (Lipinski definition) is 7. The van der Waals surface area contributed by atoms with Crippen molar-refractivity contribution >= 4 is 52.5 Å². The quantitative estimate of drug-likeness (QED) is 0.541. The number of carbonyl (C=O) groups is 1. The molecule has 1 N–H and O–H groups in total. The molecule has 32 heavy (non-hydrogen) atoms. The number of sulfonamides is 1. The van der Waals surface area contributed by atoms with Gasteiger partial charge in [-0.1, -0.05) is 29.0 Å². The first kappa shape index (κ1) is 22.8. The molecule has 2 aromatic carbocycles. The van der Waals surface area contributed by atoms with Gasteiger partial charge >= 0.3 is 0 Å². The second-order valence-corrected chi connectivity index (χ2v) is 12.8. The summed E-state index contributed by atoms with van der Waals surface area (Å²) in [6, 6.07) is 11.2. The van der Waals surface area contributed by atoms with E-state index in [0.717, 1.165) is 29.7 Å². The Hall–Kier alpha value is -2.34. The average Bonchev–Trinajstić information content (AvgIpc) is 3.42. The topological polar surface area (TPSA) is 114 Å². The van der Waals surface area contributed by atoms with Crippen molar-refractivity contribution in [2.45, 2.75) is 36.0 Å². The lowest BCUT2D eigenvalue weighted by atomic mass is 10.2. The molecule has 0 unspecified atom stereocenters. The second kappa shape index (κ2) is 8.89. The molecule has 170 valence electrons. The lowest BCUT2D eigenvalue weighted by molar-refractivity contribution is -0.115. The highest BCUT2D eigenvalue weighted by molar-refractivity contribution is 7.91. The molecule has 0 radical (unpaired) electrons. The van der Waals surface area contributed by atoms with E-state index in [2.05, 4.69) is 10.3 Å². The minimum Gasteiger partial charge on any atom is -0.302 e. The Morgan fingerprint density at radius 3 is 2.38 bits per heavy atom. The number of sulfone groups is 1. The lowest BCUT2D eigenvalue weighted by Crippen LogP contribution is -2.27. The Bertz CT molecular complexity index is 1360. The summed E-state index contributed by atoms with van der Waals surface area (Å²) < 4.78 is 52.5. The first-order valence-electron chi connectivity index (χ1n) is 10.2. The van der Waals surface area contributed by atoms with Gasteiger partial charge in [-0.15, -0.1) is 0 Å². The maximum Gasteiger partial charge on any atom is 0.243 e. The molecule has 1 aliphatic heterocycles. The number of anilines is 1. The summed E-state index contributed by atoms with van der Waals surface area (Å²) in [7, 11) is -7.11. The molecule has 8 nitrogen and oxygen atoms in total. The Labute approximate surface area is 191 Å². The molecule has 1 saturated heterocycles. The zero-order chi connectivity index (χ0) is 22.9. The number of nitrogens with zero attached hydrogens (tertiary/aromatic N) is 2. The standard InChI is InChI=1S/C21H23N3O5S3/c1-15-4-6-16(7-5-15)31(26,27)13-10-20(25)23-21-22-18-9-8-17(14-19(18)30-21)32(28,29)24-11-2-3-12-24/h4-9,14H,2-3,10-13H2,1H3,(H,22,23,25). The van der Waals surface area contributed by atoms with Crippen molar-refractivity contribution in [2.24, 2.45) is 0 Å². The maximum absolute atomic E-state index is 12.8. The first-order valence-corrected chi connectivity index (χ1v) is 14.1. The molecule has 4 rings (SSSR count). The molecular weight excluding hydrogens is 470 g/mol. The number of hydrogen-bond donors (Lipinski definition) is 1. The third-order valence-electron chi connectivity index (χ3n) is 5.29. The van der Waals surface area contributed by atoms with Gasteiger partial charge in [-0.2, -0.15) is 4.31 Å². The van der Waals surface area contributed by atoms with Crippen LogP contribution in [0.1, 0.15) is 24.8 Å². The van der Waals surface area contributed by atoms with Crippen molar-refractivity contribution in [3.63, 3.8) is 0 Å². The van der Waals surface area contributed by atoms with Crippen LogP contribution in [0.25, 0.3) is 10.2 Å². The Morgan fingerprint density at radius 1 is 1.03 bits per heavy atom. The van der Waals surface area contributed by atoms with Crippen LogP contribution in [-0.2, 0) is 24.7 Å². The molecule has 0 spiro atoms. The van der Waals surface area contributed by atoms with E-state index in [0.29, 0.717) is 28.4 Å². The van der Waals surface area contributed by atoms with Crippen LogP contribution in [0, 0.1) is 6.92 Å². The maximum atomic E-state index is 12.8. The fourth-order valence-electron chi connectivity index (χ4n) is 3.47. The van der Waals surface area contributed by atoms with Crippen LogP contribution >= 0.6 is 11.3 Å². The van der Waals surface area contributed by atoms with Gasteiger partial charge in [0.2, 0.25) is 15.9 Å². The molecule has 2 heterocycles. The van der Waals surface area contributed by atoms with Gasteiger partial charge in [0.1, 0.15) is 0 Å². The molecule has 1 aliphatic rings. The Morgan fingerprint density at radius 2 is 1.69 bits per heavy atom. The van der Waals surface area contributed by atoms with Crippen LogP contribution in [0.5, 0.6) is 0 Å². The Kier molecular flexibility index (Phi) is 6.35. The number of carbonyl (C=O) groups excluding carboxylic acids is 1. The van der Waals surface area contributed by atoms with Crippen LogP contribution in [-0.4, -0.2) is 50.9 Å². The van der Waals surface area contributed by atoms with Crippen molar-refractivity contribution in [3.8, 4) is 0 Å². The Balaban J connectivity index is 1.44. The zero-order valence-corrected chi connectivity index (χ0v) is 19.9. The fourth-order valence-corrected chi connectivity index (χ4v) is 7.25. The van der Waals surface area contributed by atoms with Crippen molar-refractivity contribution in [2.75, 3.05) is 24.2 Å². The van der Waals surface area contributed by atoms with Gasteiger partial charge in [0.25, 0.3) is 0 Å². The molecular formula is C21H23N3O5S3.